The number of oxazole rings is 1. The van der Waals surface area contributed by atoms with Crippen LogP contribution < -0.4 is 11.1 Å². The van der Waals surface area contributed by atoms with Crippen LogP contribution in [0.25, 0.3) is 0 Å². The molecule has 1 amide bonds. The van der Waals surface area contributed by atoms with Crippen molar-refractivity contribution in [3.8, 4) is 0 Å². The SMILES string of the molecule is Cc1cnc(C(C)NC(=O)C(C)(N)C(F)(F)F)o1. The third-order valence-electron chi connectivity index (χ3n) is 2.42. The zero-order chi connectivity index (χ0) is 14.1. The molecule has 1 aromatic heterocycles. The van der Waals surface area contributed by atoms with Gasteiger partial charge in [0.25, 0.3) is 0 Å². The van der Waals surface area contributed by atoms with Crippen molar-refractivity contribution in [2.24, 2.45) is 5.73 Å². The molecule has 8 heteroatoms. The van der Waals surface area contributed by atoms with Crippen LogP contribution in [0.3, 0.4) is 0 Å². The summed E-state index contributed by atoms with van der Waals surface area (Å²) in [5.41, 5.74) is 2.03. The zero-order valence-electron chi connectivity index (χ0n) is 10.1. The van der Waals surface area contributed by atoms with Gasteiger partial charge >= 0.3 is 6.18 Å². The fourth-order valence-corrected chi connectivity index (χ4v) is 1.11. The van der Waals surface area contributed by atoms with Crippen molar-refractivity contribution in [1.29, 1.82) is 0 Å². The van der Waals surface area contributed by atoms with Crippen molar-refractivity contribution in [2.45, 2.75) is 38.5 Å². The van der Waals surface area contributed by atoms with E-state index in [1.807, 2.05) is 0 Å². The van der Waals surface area contributed by atoms with Crippen molar-refractivity contribution in [3.63, 3.8) is 0 Å². The van der Waals surface area contributed by atoms with Crippen LogP contribution in [-0.2, 0) is 4.79 Å². The predicted molar refractivity (Wildman–Crippen MR) is 56.4 cm³/mol. The molecular formula is C10H14F3N3O2. The van der Waals surface area contributed by atoms with Crippen LogP contribution in [0.2, 0.25) is 0 Å². The van der Waals surface area contributed by atoms with Crippen LogP contribution in [0, 0.1) is 6.92 Å². The van der Waals surface area contributed by atoms with E-state index >= 15 is 0 Å². The molecule has 1 rings (SSSR count). The number of aromatic nitrogens is 1. The lowest BCUT2D eigenvalue weighted by atomic mass is 10.0. The Labute approximate surface area is 102 Å². The minimum atomic E-state index is -4.83. The van der Waals surface area contributed by atoms with Gasteiger partial charge in [0.1, 0.15) is 11.8 Å². The maximum Gasteiger partial charge on any atom is 0.415 e. The second-order valence-electron chi connectivity index (χ2n) is 4.20. The maximum absolute atomic E-state index is 12.5. The standard InChI is InChI=1S/C10H14F3N3O2/c1-5-4-15-7(18-5)6(2)16-8(17)9(3,14)10(11,12)13/h4,6H,14H2,1-3H3,(H,16,17). The fraction of sp³-hybridized carbons (Fsp3) is 0.600. The Morgan fingerprint density at radius 1 is 1.56 bits per heavy atom. The summed E-state index contributed by atoms with van der Waals surface area (Å²) in [5, 5.41) is 2.12. The summed E-state index contributed by atoms with van der Waals surface area (Å²) in [6.07, 6.45) is -3.42. The molecule has 0 spiro atoms. The summed E-state index contributed by atoms with van der Waals surface area (Å²) in [6, 6.07) is -0.795. The number of hydrogen-bond donors (Lipinski definition) is 2. The molecular weight excluding hydrogens is 251 g/mol. The maximum atomic E-state index is 12.5. The molecule has 0 aliphatic rings. The lowest BCUT2D eigenvalue weighted by Crippen LogP contribution is -2.61. The summed E-state index contributed by atoms with van der Waals surface area (Å²) in [4.78, 5) is 15.3. The molecule has 0 aliphatic carbocycles. The molecule has 102 valence electrons. The van der Waals surface area contributed by atoms with Crippen LogP contribution in [0.1, 0.15) is 31.5 Å². The molecule has 0 saturated heterocycles. The second-order valence-corrected chi connectivity index (χ2v) is 4.20. The minimum Gasteiger partial charge on any atom is -0.444 e. The first-order valence-electron chi connectivity index (χ1n) is 5.14. The van der Waals surface area contributed by atoms with Crippen molar-refractivity contribution in [2.75, 3.05) is 0 Å². The van der Waals surface area contributed by atoms with Crippen molar-refractivity contribution < 1.29 is 22.4 Å². The summed E-state index contributed by atoms with van der Waals surface area (Å²) >= 11 is 0. The number of nitrogens with one attached hydrogen (secondary N) is 1. The largest absolute Gasteiger partial charge is 0.444 e. The Morgan fingerprint density at radius 2 is 2.11 bits per heavy atom. The summed E-state index contributed by atoms with van der Waals surface area (Å²) in [5.74, 6) is -0.713. The summed E-state index contributed by atoms with van der Waals surface area (Å²) < 4.78 is 42.6. The van der Waals surface area contributed by atoms with Gasteiger partial charge in [0.15, 0.2) is 5.54 Å². The molecule has 18 heavy (non-hydrogen) atoms. The molecule has 1 heterocycles. The average molecular weight is 265 g/mol. The van der Waals surface area contributed by atoms with E-state index in [-0.39, 0.29) is 5.89 Å². The molecule has 0 radical (unpaired) electrons. The molecule has 0 bridgehead atoms. The molecule has 2 atom stereocenters. The predicted octanol–water partition coefficient (Wildman–Crippen LogP) is 1.44. The normalized spacial score (nSPS) is 17.1. The highest BCUT2D eigenvalue weighted by Crippen LogP contribution is 2.28. The lowest BCUT2D eigenvalue weighted by Gasteiger charge is -2.27. The number of alkyl halides is 3. The van der Waals surface area contributed by atoms with Crippen molar-refractivity contribution >= 4 is 5.91 Å². The van der Waals surface area contributed by atoms with Crippen LogP contribution in [-0.4, -0.2) is 22.6 Å². The van der Waals surface area contributed by atoms with Gasteiger partial charge in [-0.05, 0) is 20.8 Å². The van der Waals surface area contributed by atoms with E-state index in [0.29, 0.717) is 12.7 Å². The number of rotatable bonds is 3. The number of carbonyl (C=O) groups excluding carboxylic acids is 1. The van der Waals surface area contributed by atoms with Gasteiger partial charge in [0.2, 0.25) is 11.8 Å². The van der Waals surface area contributed by atoms with E-state index in [0.717, 1.165) is 0 Å². The van der Waals surface area contributed by atoms with Crippen LogP contribution in [0.5, 0.6) is 0 Å². The molecule has 0 saturated carbocycles. The van der Waals surface area contributed by atoms with Gasteiger partial charge in [0, 0.05) is 0 Å². The Bertz CT molecular complexity index is 440. The van der Waals surface area contributed by atoms with E-state index in [9.17, 15) is 18.0 Å². The van der Waals surface area contributed by atoms with Gasteiger partial charge in [-0.1, -0.05) is 0 Å². The minimum absolute atomic E-state index is 0.124. The van der Waals surface area contributed by atoms with E-state index < -0.39 is 23.7 Å². The quantitative estimate of drug-likeness (QED) is 0.866. The lowest BCUT2D eigenvalue weighted by molar-refractivity contribution is -0.187. The number of amides is 1. The van der Waals surface area contributed by atoms with E-state index in [1.165, 1.54) is 13.1 Å². The number of aryl methyl sites for hydroxylation is 1. The van der Waals surface area contributed by atoms with Gasteiger partial charge in [-0.15, -0.1) is 0 Å². The number of nitrogens with zero attached hydrogens (tertiary/aromatic N) is 1. The van der Waals surface area contributed by atoms with Crippen molar-refractivity contribution in [1.82, 2.24) is 10.3 Å². The average Bonchev–Trinajstić information content (AvgIpc) is 2.62. The molecule has 0 aromatic carbocycles. The van der Waals surface area contributed by atoms with Gasteiger partial charge in [-0.2, -0.15) is 13.2 Å². The van der Waals surface area contributed by atoms with E-state index in [2.05, 4.69) is 10.3 Å². The fourth-order valence-electron chi connectivity index (χ4n) is 1.11. The van der Waals surface area contributed by atoms with Crippen LogP contribution >= 0.6 is 0 Å². The molecule has 0 aliphatic heterocycles. The van der Waals surface area contributed by atoms with Crippen LogP contribution in [0.15, 0.2) is 10.6 Å². The number of hydrogen-bond acceptors (Lipinski definition) is 4. The molecule has 5 nitrogen and oxygen atoms in total. The highest BCUT2D eigenvalue weighted by molar-refractivity contribution is 5.86. The van der Waals surface area contributed by atoms with E-state index in [4.69, 9.17) is 10.2 Å². The Balaban J connectivity index is 2.77. The highest BCUT2D eigenvalue weighted by Gasteiger charge is 2.54. The Hall–Kier alpha value is -1.57. The first-order valence-corrected chi connectivity index (χ1v) is 5.14. The van der Waals surface area contributed by atoms with Gasteiger partial charge < -0.3 is 15.5 Å². The highest BCUT2D eigenvalue weighted by atomic mass is 19.4. The van der Waals surface area contributed by atoms with Gasteiger partial charge in [-0.25, -0.2) is 4.98 Å². The number of nitrogens with two attached hydrogens (primary N) is 1. The third-order valence-corrected chi connectivity index (χ3v) is 2.42. The Morgan fingerprint density at radius 3 is 2.50 bits per heavy atom. The third kappa shape index (κ3) is 2.81. The smallest absolute Gasteiger partial charge is 0.415 e. The first-order chi connectivity index (χ1) is 8.05. The van der Waals surface area contributed by atoms with E-state index in [1.54, 1.807) is 6.92 Å². The topological polar surface area (TPSA) is 81.2 Å². The van der Waals surface area contributed by atoms with Crippen LogP contribution in [0.4, 0.5) is 13.2 Å². The molecule has 0 fully saturated rings. The summed E-state index contributed by atoms with van der Waals surface area (Å²) in [6.45, 7) is 3.69. The first kappa shape index (κ1) is 14.5. The summed E-state index contributed by atoms with van der Waals surface area (Å²) in [7, 11) is 0. The van der Waals surface area contributed by atoms with Gasteiger partial charge in [-0.3, -0.25) is 4.79 Å². The number of carbonyl (C=O) groups is 1. The Kier molecular flexibility index (Phi) is 3.70. The van der Waals surface area contributed by atoms with Crippen molar-refractivity contribution in [3.05, 3.63) is 17.8 Å². The monoisotopic (exact) mass is 265 g/mol. The molecule has 1 aromatic rings. The second kappa shape index (κ2) is 4.60. The molecule has 3 N–H and O–H groups in total. The molecule has 2 unspecified atom stereocenters. The van der Waals surface area contributed by atoms with Gasteiger partial charge in [0.05, 0.1) is 6.20 Å². The zero-order valence-corrected chi connectivity index (χ0v) is 10.1. The number of halogens is 3.